The van der Waals surface area contributed by atoms with E-state index in [0.717, 1.165) is 5.56 Å². The maximum atomic E-state index is 11.1. The fourth-order valence-electron chi connectivity index (χ4n) is 1.57. The molecule has 0 aromatic heterocycles. The Balaban J connectivity index is 0. The maximum Gasteiger partial charge on any atom is 1.00 e. The number of hydroxylamine groups is 2. The minimum Gasteiger partial charge on any atom is -1.00 e. The molecule has 0 heterocycles. The fraction of sp³-hybridized carbons (Fsp3) is 0.333. The summed E-state index contributed by atoms with van der Waals surface area (Å²) in [5.41, 5.74) is 0.725. The molecule has 0 radical (unpaired) electrons. The number of hydrogen-bond acceptors (Lipinski definition) is 4. The van der Waals surface area contributed by atoms with Crippen molar-refractivity contribution in [2.24, 2.45) is 0 Å². The van der Waals surface area contributed by atoms with Crippen LogP contribution in [0.2, 0.25) is 0 Å². The molecule has 22 heavy (non-hydrogen) atoms. The molecule has 1 aromatic carbocycles. The summed E-state index contributed by atoms with van der Waals surface area (Å²) >= 11 is 0. The van der Waals surface area contributed by atoms with Gasteiger partial charge in [-0.1, -0.05) is 30.3 Å². The van der Waals surface area contributed by atoms with Crippen molar-refractivity contribution in [2.75, 3.05) is 6.16 Å². The SMILES string of the molecule is O=CN(OCc1ccccc1)C(CCP(=O)(O)O)C(=O)O.[H-].[Na+]. The van der Waals surface area contributed by atoms with Gasteiger partial charge in [0, 0.05) is 0 Å². The molecule has 1 atom stereocenters. The molecule has 0 aliphatic heterocycles. The summed E-state index contributed by atoms with van der Waals surface area (Å²) in [6, 6.07) is 7.31. The van der Waals surface area contributed by atoms with Gasteiger partial charge in [0.15, 0.2) is 6.04 Å². The largest absolute Gasteiger partial charge is 1.00 e. The van der Waals surface area contributed by atoms with Gasteiger partial charge in [0.05, 0.1) is 6.16 Å². The summed E-state index contributed by atoms with van der Waals surface area (Å²) in [6.07, 6.45) is -0.877. The molecule has 1 rings (SSSR count). The van der Waals surface area contributed by atoms with Gasteiger partial charge in [0.25, 0.3) is 0 Å². The Hall–Kier alpha value is -0.730. The van der Waals surface area contributed by atoms with E-state index < -0.39 is 32.2 Å². The maximum absolute atomic E-state index is 11.1. The number of carboxylic acids is 1. The molecule has 8 nitrogen and oxygen atoms in total. The van der Waals surface area contributed by atoms with Crippen LogP contribution < -0.4 is 29.6 Å². The summed E-state index contributed by atoms with van der Waals surface area (Å²) in [7, 11) is -4.35. The quantitative estimate of drug-likeness (QED) is 0.200. The van der Waals surface area contributed by atoms with E-state index in [2.05, 4.69) is 0 Å². The molecule has 0 bridgehead atoms. The van der Waals surface area contributed by atoms with Crippen LogP contribution in [0, 0.1) is 0 Å². The molecular formula is C12H17NNaO7P. The van der Waals surface area contributed by atoms with Crippen LogP contribution >= 0.6 is 7.60 Å². The second kappa shape index (κ2) is 10.1. The molecule has 3 N–H and O–H groups in total. The van der Waals surface area contributed by atoms with Crippen molar-refractivity contribution >= 4 is 20.0 Å². The Labute approximate surface area is 151 Å². The summed E-state index contributed by atoms with van der Waals surface area (Å²) in [5.74, 6) is -1.40. The van der Waals surface area contributed by atoms with Gasteiger partial charge in [-0.2, -0.15) is 0 Å². The zero-order valence-corrected chi connectivity index (χ0v) is 14.9. The Morgan fingerprint density at radius 1 is 1.36 bits per heavy atom. The van der Waals surface area contributed by atoms with Gasteiger partial charge in [-0.15, -0.1) is 0 Å². The van der Waals surface area contributed by atoms with Crippen LogP contribution in [0.4, 0.5) is 0 Å². The van der Waals surface area contributed by atoms with E-state index in [1.54, 1.807) is 30.3 Å². The molecular weight excluding hydrogens is 324 g/mol. The van der Waals surface area contributed by atoms with Crippen molar-refractivity contribution in [3.8, 4) is 0 Å². The number of amides is 1. The van der Waals surface area contributed by atoms with Crippen LogP contribution in [-0.2, 0) is 25.6 Å². The number of carbonyl (C=O) groups excluding carboxylic acids is 1. The molecule has 0 saturated carbocycles. The molecule has 0 spiro atoms. The predicted molar refractivity (Wildman–Crippen MR) is 73.2 cm³/mol. The third kappa shape index (κ3) is 8.05. The number of aliphatic carboxylic acids is 1. The van der Waals surface area contributed by atoms with Gasteiger partial charge >= 0.3 is 43.1 Å². The van der Waals surface area contributed by atoms with E-state index in [4.69, 9.17) is 19.7 Å². The van der Waals surface area contributed by atoms with Gasteiger partial charge in [0.1, 0.15) is 6.61 Å². The number of nitrogens with zero attached hydrogens (tertiary/aromatic N) is 1. The van der Waals surface area contributed by atoms with Crippen molar-refractivity contribution in [3.05, 3.63) is 35.9 Å². The van der Waals surface area contributed by atoms with E-state index in [-0.39, 0.29) is 44.0 Å². The summed E-state index contributed by atoms with van der Waals surface area (Å²) in [4.78, 5) is 44.7. The summed E-state index contributed by atoms with van der Waals surface area (Å²) in [6.45, 7) is -0.0285. The van der Waals surface area contributed by atoms with E-state index in [1.165, 1.54) is 0 Å². The zero-order chi connectivity index (χ0) is 15.9. The number of carbonyl (C=O) groups is 2. The Bertz CT molecular complexity index is 527. The average Bonchev–Trinajstić information content (AvgIpc) is 2.42. The predicted octanol–water partition coefficient (Wildman–Crippen LogP) is -2.29. The third-order valence-corrected chi connectivity index (χ3v) is 3.45. The molecule has 1 unspecified atom stereocenters. The smallest absolute Gasteiger partial charge is 1.00 e. The summed E-state index contributed by atoms with van der Waals surface area (Å²) < 4.78 is 10.8. The molecule has 0 aliphatic carbocycles. The van der Waals surface area contributed by atoms with Crippen molar-refractivity contribution < 1.29 is 64.9 Å². The van der Waals surface area contributed by atoms with Crippen LogP contribution in [0.3, 0.4) is 0 Å². The zero-order valence-electron chi connectivity index (χ0n) is 13.0. The number of carboxylic acid groups (broad SMARTS) is 1. The number of rotatable bonds is 9. The van der Waals surface area contributed by atoms with Crippen LogP contribution in [0.15, 0.2) is 30.3 Å². The van der Waals surface area contributed by atoms with E-state index in [9.17, 15) is 14.2 Å². The fourth-order valence-corrected chi connectivity index (χ4v) is 2.15. The first-order valence-corrected chi connectivity index (χ1v) is 7.81. The topological polar surface area (TPSA) is 124 Å². The average molecular weight is 341 g/mol. The molecule has 0 aliphatic rings. The molecule has 10 heteroatoms. The molecule has 0 fully saturated rings. The molecule has 118 valence electrons. The first kappa shape index (κ1) is 21.3. The Morgan fingerprint density at radius 2 is 1.95 bits per heavy atom. The van der Waals surface area contributed by atoms with Crippen molar-refractivity contribution in [2.45, 2.75) is 19.1 Å². The number of benzene rings is 1. The van der Waals surface area contributed by atoms with Gasteiger partial charge in [-0.3, -0.25) is 14.2 Å². The minimum atomic E-state index is -4.35. The monoisotopic (exact) mass is 341 g/mol. The van der Waals surface area contributed by atoms with Gasteiger partial charge in [0.2, 0.25) is 6.41 Å². The van der Waals surface area contributed by atoms with Gasteiger partial charge in [-0.05, 0) is 12.0 Å². The normalized spacial score (nSPS) is 12.1. The van der Waals surface area contributed by atoms with Gasteiger partial charge < -0.3 is 16.3 Å². The third-order valence-electron chi connectivity index (χ3n) is 2.61. The van der Waals surface area contributed by atoms with E-state index in [0.29, 0.717) is 5.06 Å². The first-order chi connectivity index (χ1) is 9.83. The molecule has 1 amide bonds. The minimum absolute atomic E-state index is 0. The second-order valence-electron chi connectivity index (χ2n) is 4.26. The van der Waals surface area contributed by atoms with Crippen molar-refractivity contribution in [1.29, 1.82) is 0 Å². The Morgan fingerprint density at radius 3 is 2.41 bits per heavy atom. The standard InChI is InChI=1S/C12H16NO7P.Na.H/c14-9-13(20-8-10-4-2-1-3-5-10)11(12(15)16)6-7-21(17,18)19;;/h1-5,9,11H,6-8H2,(H,15,16)(H2,17,18,19);;/q;+1;-1. The summed E-state index contributed by atoms with van der Waals surface area (Å²) in [5, 5.41) is 9.60. The van der Waals surface area contributed by atoms with E-state index in [1.807, 2.05) is 0 Å². The van der Waals surface area contributed by atoms with Crippen LogP contribution in [0.1, 0.15) is 13.4 Å². The van der Waals surface area contributed by atoms with Crippen molar-refractivity contribution in [1.82, 2.24) is 5.06 Å². The molecule has 0 saturated heterocycles. The van der Waals surface area contributed by atoms with E-state index >= 15 is 0 Å². The van der Waals surface area contributed by atoms with Gasteiger partial charge in [-0.25, -0.2) is 9.86 Å². The van der Waals surface area contributed by atoms with Crippen LogP contribution in [0.25, 0.3) is 0 Å². The van der Waals surface area contributed by atoms with Crippen LogP contribution in [0.5, 0.6) is 0 Å². The van der Waals surface area contributed by atoms with Crippen LogP contribution in [-0.4, -0.2) is 44.5 Å². The number of hydrogen-bond donors (Lipinski definition) is 3. The molecule has 1 aromatic rings. The second-order valence-corrected chi connectivity index (χ2v) is 6.03. The Kier molecular flexibility index (Phi) is 9.79. The van der Waals surface area contributed by atoms with Crippen molar-refractivity contribution in [3.63, 3.8) is 0 Å². The first-order valence-electron chi connectivity index (χ1n) is 6.01.